The zero-order valence-corrected chi connectivity index (χ0v) is 11.0. The number of carbonyl (C=O) groups is 1. The molecule has 0 fully saturated rings. The molecule has 0 heterocycles. The van der Waals surface area contributed by atoms with E-state index < -0.39 is 28.4 Å². The Labute approximate surface area is 101 Å². The number of nitrogens with one attached hydrogen (secondary N) is 2. The second-order valence-corrected chi connectivity index (χ2v) is 5.47. The quantitative estimate of drug-likeness (QED) is 0.751. The minimum atomic E-state index is -4.08. The first-order valence-electron chi connectivity index (χ1n) is 5.08. The predicted octanol–water partition coefficient (Wildman–Crippen LogP) is 0.504. The Hall–Kier alpha value is -1.33. The van der Waals surface area contributed by atoms with E-state index in [1.54, 1.807) is 38.5 Å². The van der Waals surface area contributed by atoms with E-state index in [1.165, 1.54) is 0 Å². The Balaban J connectivity index is 4.50. The molecule has 0 bridgehead atoms. The Morgan fingerprint density at radius 3 is 2.18 bits per heavy atom. The van der Waals surface area contributed by atoms with Gasteiger partial charge in [0.2, 0.25) is 0 Å². The van der Waals surface area contributed by atoms with E-state index in [0.717, 1.165) is 0 Å². The van der Waals surface area contributed by atoms with Gasteiger partial charge in [0.05, 0.1) is 12.2 Å². The molecule has 0 aliphatic carbocycles. The molecule has 0 aliphatic rings. The highest BCUT2D eigenvalue weighted by molar-refractivity contribution is 7.88. The smallest absolute Gasteiger partial charge is 0.422 e. The Kier molecular flexibility index (Phi) is 5.91. The zero-order valence-electron chi connectivity index (χ0n) is 10.2. The fourth-order valence-corrected chi connectivity index (χ4v) is 1.84. The highest BCUT2D eigenvalue weighted by atomic mass is 32.2. The molecule has 0 aromatic carbocycles. The molecular formula is C9H17N3O4S. The molecule has 0 saturated carbocycles. The topological polar surface area (TPSA) is 108 Å². The second-order valence-electron chi connectivity index (χ2n) is 4.03. The van der Waals surface area contributed by atoms with Crippen molar-refractivity contribution < 1.29 is 17.9 Å². The zero-order chi connectivity index (χ0) is 13.6. The average Bonchev–Trinajstić information content (AvgIpc) is 2.11. The summed E-state index contributed by atoms with van der Waals surface area (Å²) in [4.78, 5) is 11.1. The molecule has 2 N–H and O–H groups in total. The van der Waals surface area contributed by atoms with Crippen LogP contribution in [0.4, 0.5) is 4.79 Å². The minimum Gasteiger partial charge on any atom is -0.446 e. The van der Waals surface area contributed by atoms with Crippen LogP contribution < -0.4 is 9.44 Å². The van der Waals surface area contributed by atoms with Crippen molar-refractivity contribution in [2.24, 2.45) is 5.92 Å². The maximum atomic E-state index is 11.4. The molecule has 0 aromatic heterocycles. The van der Waals surface area contributed by atoms with Gasteiger partial charge >= 0.3 is 16.3 Å². The average molecular weight is 263 g/mol. The molecule has 0 radical (unpaired) electrons. The van der Waals surface area contributed by atoms with Crippen LogP contribution in [-0.2, 0) is 14.9 Å². The third kappa shape index (κ3) is 6.76. The molecule has 1 unspecified atom stereocenters. The molecule has 8 heteroatoms. The molecule has 0 aliphatic heterocycles. The summed E-state index contributed by atoms with van der Waals surface area (Å²) in [6.45, 7) is 6.54. The lowest BCUT2D eigenvalue weighted by Crippen LogP contribution is -2.46. The number of carbonyl (C=O) groups excluding carboxylic acids is 1. The second kappa shape index (κ2) is 6.42. The van der Waals surface area contributed by atoms with Crippen LogP contribution in [0.3, 0.4) is 0 Å². The van der Waals surface area contributed by atoms with Crippen molar-refractivity contribution in [3.05, 3.63) is 0 Å². The molecule has 0 spiro atoms. The summed E-state index contributed by atoms with van der Waals surface area (Å²) < 4.78 is 31.2. The minimum absolute atomic E-state index is 0.210. The van der Waals surface area contributed by atoms with Crippen molar-refractivity contribution >= 4 is 16.3 Å². The maximum Gasteiger partial charge on any atom is 0.422 e. The van der Waals surface area contributed by atoms with Crippen molar-refractivity contribution in [3.63, 3.8) is 0 Å². The van der Waals surface area contributed by atoms with Crippen molar-refractivity contribution in [1.82, 2.24) is 9.44 Å². The van der Waals surface area contributed by atoms with E-state index in [4.69, 9.17) is 5.26 Å². The number of ether oxygens (including phenoxy) is 1. The lowest BCUT2D eigenvalue weighted by Gasteiger charge is -2.16. The summed E-state index contributed by atoms with van der Waals surface area (Å²) in [5, 5.41) is 8.72. The van der Waals surface area contributed by atoms with Crippen LogP contribution in [0.25, 0.3) is 0 Å². The van der Waals surface area contributed by atoms with Crippen molar-refractivity contribution in [1.29, 1.82) is 5.26 Å². The van der Waals surface area contributed by atoms with Crippen LogP contribution in [0.2, 0.25) is 0 Å². The normalized spacial score (nSPS) is 13.2. The third-order valence-electron chi connectivity index (χ3n) is 1.65. The summed E-state index contributed by atoms with van der Waals surface area (Å²) >= 11 is 0. The van der Waals surface area contributed by atoms with E-state index in [9.17, 15) is 13.2 Å². The molecule has 1 amide bonds. The summed E-state index contributed by atoms with van der Waals surface area (Å²) in [5.41, 5.74) is 0. The summed E-state index contributed by atoms with van der Waals surface area (Å²) in [7, 11) is -4.08. The van der Waals surface area contributed by atoms with E-state index in [-0.39, 0.29) is 5.92 Å². The van der Waals surface area contributed by atoms with Gasteiger partial charge in [0.25, 0.3) is 0 Å². The van der Waals surface area contributed by atoms with Crippen LogP contribution in [-0.4, -0.2) is 26.7 Å². The highest BCUT2D eigenvalue weighted by Crippen LogP contribution is 2.01. The predicted molar refractivity (Wildman–Crippen MR) is 61.0 cm³/mol. The van der Waals surface area contributed by atoms with E-state index in [2.05, 4.69) is 4.74 Å². The van der Waals surface area contributed by atoms with Crippen molar-refractivity contribution in [3.8, 4) is 6.07 Å². The Bertz CT molecular complexity index is 397. The number of nitriles is 1. The van der Waals surface area contributed by atoms with Crippen LogP contribution in [0, 0.1) is 17.2 Å². The van der Waals surface area contributed by atoms with E-state index in [1.807, 2.05) is 4.72 Å². The SMILES string of the molecule is CC(C)OC(=O)NS(=O)(=O)NC(C#N)C(C)C. The molecule has 0 rings (SSSR count). The van der Waals surface area contributed by atoms with Gasteiger partial charge in [0.1, 0.15) is 6.04 Å². The lowest BCUT2D eigenvalue weighted by atomic mass is 10.1. The Morgan fingerprint density at radius 1 is 1.29 bits per heavy atom. The van der Waals surface area contributed by atoms with Crippen molar-refractivity contribution in [2.45, 2.75) is 39.8 Å². The first-order valence-corrected chi connectivity index (χ1v) is 6.56. The monoisotopic (exact) mass is 263 g/mol. The summed E-state index contributed by atoms with van der Waals surface area (Å²) in [6.07, 6.45) is -1.50. The molecule has 1 atom stereocenters. The summed E-state index contributed by atoms with van der Waals surface area (Å²) in [5.74, 6) is -0.210. The van der Waals surface area contributed by atoms with Gasteiger partial charge in [-0.2, -0.15) is 18.4 Å². The van der Waals surface area contributed by atoms with E-state index >= 15 is 0 Å². The Morgan fingerprint density at radius 2 is 1.82 bits per heavy atom. The standard InChI is InChI=1S/C9H17N3O4S/c1-6(2)8(5-10)11-17(14,15)12-9(13)16-7(3)4/h6-8,11H,1-4H3,(H,12,13). The van der Waals surface area contributed by atoms with Gasteiger partial charge in [-0.1, -0.05) is 13.8 Å². The summed E-state index contributed by atoms with van der Waals surface area (Å²) in [6, 6.07) is 0.886. The largest absolute Gasteiger partial charge is 0.446 e. The fourth-order valence-electron chi connectivity index (χ4n) is 0.856. The van der Waals surface area contributed by atoms with E-state index in [0.29, 0.717) is 0 Å². The molecule has 0 aromatic rings. The lowest BCUT2D eigenvalue weighted by molar-refractivity contribution is 0.121. The van der Waals surface area contributed by atoms with Crippen LogP contribution in [0.1, 0.15) is 27.7 Å². The van der Waals surface area contributed by atoms with Crippen LogP contribution >= 0.6 is 0 Å². The van der Waals surface area contributed by atoms with Crippen LogP contribution in [0.5, 0.6) is 0 Å². The molecule has 17 heavy (non-hydrogen) atoms. The van der Waals surface area contributed by atoms with Gasteiger partial charge < -0.3 is 4.74 Å². The van der Waals surface area contributed by atoms with Gasteiger partial charge in [-0.05, 0) is 19.8 Å². The number of hydrogen-bond donors (Lipinski definition) is 2. The molecule has 0 saturated heterocycles. The maximum absolute atomic E-state index is 11.4. The van der Waals surface area contributed by atoms with Gasteiger partial charge in [-0.15, -0.1) is 0 Å². The molecular weight excluding hydrogens is 246 g/mol. The van der Waals surface area contributed by atoms with Crippen molar-refractivity contribution in [2.75, 3.05) is 0 Å². The first kappa shape index (κ1) is 15.7. The molecule has 98 valence electrons. The van der Waals surface area contributed by atoms with Gasteiger partial charge in [0.15, 0.2) is 0 Å². The first-order chi connectivity index (χ1) is 7.68. The van der Waals surface area contributed by atoms with Crippen LogP contribution in [0.15, 0.2) is 0 Å². The molecule has 7 nitrogen and oxygen atoms in total. The number of hydrogen-bond acceptors (Lipinski definition) is 5. The fraction of sp³-hybridized carbons (Fsp3) is 0.778. The van der Waals surface area contributed by atoms with Gasteiger partial charge in [-0.25, -0.2) is 9.52 Å². The van der Waals surface area contributed by atoms with Gasteiger partial charge in [0, 0.05) is 0 Å². The number of amides is 1. The third-order valence-corrected chi connectivity index (χ3v) is 2.65. The number of rotatable bonds is 5. The highest BCUT2D eigenvalue weighted by Gasteiger charge is 2.22. The van der Waals surface area contributed by atoms with Gasteiger partial charge in [-0.3, -0.25) is 0 Å². The number of nitrogens with zero attached hydrogens (tertiary/aromatic N) is 1.